The lowest BCUT2D eigenvalue weighted by Crippen LogP contribution is -2.27. The van der Waals surface area contributed by atoms with E-state index in [9.17, 15) is 14.4 Å². The number of ether oxygens (including phenoxy) is 1. The summed E-state index contributed by atoms with van der Waals surface area (Å²) in [5, 5.41) is 5.18. The van der Waals surface area contributed by atoms with Crippen LogP contribution in [0.25, 0.3) is 0 Å². The van der Waals surface area contributed by atoms with Crippen LogP contribution in [0.2, 0.25) is 0 Å². The first-order valence-electron chi connectivity index (χ1n) is 8.33. The van der Waals surface area contributed by atoms with Crippen molar-refractivity contribution in [2.75, 3.05) is 18.5 Å². The van der Waals surface area contributed by atoms with Crippen molar-refractivity contribution in [2.24, 2.45) is 0 Å². The summed E-state index contributed by atoms with van der Waals surface area (Å²) in [6.45, 7) is 3.89. The van der Waals surface area contributed by atoms with Gasteiger partial charge in [-0.2, -0.15) is 0 Å². The average molecular weight is 358 g/mol. The minimum absolute atomic E-state index is 0.0389. The van der Waals surface area contributed by atoms with Gasteiger partial charge in [-0.05, 0) is 35.7 Å². The highest BCUT2D eigenvalue weighted by Crippen LogP contribution is 2.17. The van der Waals surface area contributed by atoms with Gasteiger partial charge in [-0.25, -0.2) is 0 Å². The number of nitrogens with one attached hydrogen (secondary N) is 2. The summed E-state index contributed by atoms with van der Waals surface area (Å²) in [6.07, 6.45) is 1.35. The zero-order valence-electron chi connectivity index (χ0n) is 14.8. The average Bonchev–Trinajstić information content (AvgIpc) is 3.15. The van der Waals surface area contributed by atoms with Gasteiger partial charge >= 0.3 is 5.97 Å². The minimum Gasteiger partial charge on any atom is -0.459 e. The summed E-state index contributed by atoms with van der Waals surface area (Å²) in [6, 6.07) is 10.6. The van der Waals surface area contributed by atoms with Crippen LogP contribution in [0.15, 0.2) is 47.1 Å². The second kappa shape index (κ2) is 9.41. The summed E-state index contributed by atoms with van der Waals surface area (Å²) in [4.78, 5) is 35.0. The van der Waals surface area contributed by atoms with E-state index >= 15 is 0 Å². The standard InChI is InChI=1S/C19H22N2O5/c1-13(2)14-5-7-15(8-6-14)21-17(22)12-26-18(23)9-10-20-19(24)16-4-3-11-25-16/h3-8,11,13H,9-10,12H2,1-2H3,(H,20,24)(H,21,22). The molecule has 2 amide bonds. The van der Waals surface area contributed by atoms with Crippen molar-refractivity contribution >= 4 is 23.5 Å². The minimum atomic E-state index is -0.574. The van der Waals surface area contributed by atoms with Crippen LogP contribution in [-0.2, 0) is 14.3 Å². The second-order valence-electron chi connectivity index (χ2n) is 5.97. The van der Waals surface area contributed by atoms with Gasteiger partial charge in [0, 0.05) is 12.2 Å². The lowest BCUT2D eigenvalue weighted by atomic mass is 10.0. The fourth-order valence-electron chi connectivity index (χ4n) is 2.14. The van der Waals surface area contributed by atoms with Gasteiger partial charge in [0.1, 0.15) is 0 Å². The van der Waals surface area contributed by atoms with Gasteiger partial charge in [-0.3, -0.25) is 14.4 Å². The highest BCUT2D eigenvalue weighted by Gasteiger charge is 2.11. The Hall–Kier alpha value is -3.09. The second-order valence-corrected chi connectivity index (χ2v) is 5.97. The predicted molar refractivity (Wildman–Crippen MR) is 95.8 cm³/mol. The summed E-state index contributed by atoms with van der Waals surface area (Å²) in [5.74, 6) is -0.828. The molecule has 0 aliphatic carbocycles. The quantitative estimate of drug-likeness (QED) is 0.707. The molecule has 2 N–H and O–H groups in total. The number of hydrogen-bond acceptors (Lipinski definition) is 5. The topological polar surface area (TPSA) is 97.6 Å². The van der Waals surface area contributed by atoms with Crippen LogP contribution in [0.4, 0.5) is 5.69 Å². The van der Waals surface area contributed by atoms with Crippen LogP contribution < -0.4 is 10.6 Å². The van der Waals surface area contributed by atoms with E-state index in [2.05, 4.69) is 24.5 Å². The Kier molecular flexibility index (Phi) is 6.96. The Morgan fingerprint density at radius 2 is 1.85 bits per heavy atom. The van der Waals surface area contributed by atoms with E-state index in [1.54, 1.807) is 18.2 Å². The van der Waals surface area contributed by atoms with Crippen LogP contribution in [-0.4, -0.2) is 30.9 Å². The first kappa shape index (κ1) is 19.2. The first-order valence-corrected chi connectivity index (χ1v) is 8.33. The molecule has 2 aromatic rings. The number of carbonyl (C=O) groups excluding carboxylic acids is 3. The number of anilines is 1. The predicted octanol–water partition coefficient (Wildman–Crippen LogP) is 2.70. The normalized spacial score (nSPS) is 10.4. The van der Waals surface area contributed by atoms with Crippen LogP contribution in [0.1, 0.15) is 42.3 Å². The van der Waals surface area contributed by atoms with Crippen molar-refractivity contribution in [3.63, 3.8) is 0 Å². The van der Waals surface area contributed by atoms with Gasteiger partial charge in [0.05, 0.1) is 12.7 Å². The van der Waals surface area contributed by atoms with E-state index in [0.717, 1.165) is 0 Å². The zero-order chi connectivity index (χ0) is 18.9. The largest absolute Gasteiger partial charge is 0.459 e. The molecule has 26 heavy (non-hydrogen) atoms. The van der Waals surface area contributed by atoms with Crippen molar-refractivity contribution in [2.45, 2.75) is 26.2 Å². The van der Waals surface area contributed by atoms with Gasteiger partial charge in [-0.1, -0.05) is 26.0 Å². The molecule has 138 valence electrons. The molecule has 7 nitrogen and oxygen atoms in total. The molecule has 2 rings (SSSR count). The Labute approximate surface area is 151 Å². The highest BCUT2D eigenvalue weighted by atomic mass is 16.5. The van der Waals surface area contributed by atoms with E-state index in [1.807, 2.05) is 12.1 Å². The number of esters is 1. The van der Waals surface area contributed by atoms with E-state index in [-0.39, 0.29) is 25.3 Å². The molecule has 0 fully saturated rings. The molecule has 1 heterocycles. The molecule has 0 atom stereocenters. The molecule has 0 aliphatic heterocycles. The van der Waals surface area contributed by atoms with Crippen molar-refractivity contribution < 1.29 is 23.5 Å². The molecular formula is C19H22N2O5. The molecule has 0 aliphatic rings. The molecule has 0 saturated carbocycles. The third-order valence-corrected chi connectivity index (χ3v) is 3.59. The Morgan fingerprint density at radius 1 is 1.12 bits per heavy atom. The molecule has 0 unspecified atom stereocenters. The summed E-state index contributed by atoms with van der Waals surface area (Å²) in [7, 11) is 0. The highest BCUT2D eigenvalue weighted by molar-refractivity contribution is 5.93. The van der Waals surface area contributed by atoms with Crippen LogP contribution in [0.3, 0.4) is 0 Å². The molecule has 1 aromatic carbocycles. The van der Waals surface area contributed by atoms with Gasteiger partial charge in [0.2, 0.25) is 0 Å². The molecular weight excluding hydrogens is 336 g/mol. The number of amides is 2. The molecule has 1 aromatic heterocycles. The smallest absolute Gasteiger partial charge is 0.308 e. The van der Waals surface area contributed by atoms with E-state index < -0.39 is 17.8 Å². The molecule has 0 radical (unpaired) electrons. The number of benzene rings is 1. The summed E-state index contributed by atoms with van der Waals surface area (Å²) >= 11 is 0. The lowest BCUT2D eigenvalue weighted by molar-refractivity contribution is -0.147. The van der Waals surface area contributed by atoms with E-state index in [1.165, 1.54) is 17.9 Å². The fourth-order valence-corrected chi connectivity index (χ4v) is 2.14. The lowest BCUT2D eigenvalue weighted by Gasteiger charge is -2.09. The SMILES string of the molecule is CC(C)c1ccc(NC(=O)COC(=O)CCNC(=O)c2ccco2)cc1. The molecule has 0 saturated heterocycles. The third-order valence-electron chi connectivity index (χ3n) is 3.59. The van der Waals surface area contributed by atoms with Gasteiger partial charge in [0.25, 0.3) is 11.8 Å². The monoisotopic (exact) mass is 358 g/mol. The van der Waals surface area contributed by atoms with Crippen molar-refractivity contribution in [1.29, 1.82) is 0 Å². The molecule has 0 bridgehead atoms. The Balaban J connectivity index is 1.65. The van der Waals surface area contributed by atoms with Gasteiger partial charge in [-0.15, -0.1) is 0 Å². The molecule has 7 heteroatoms. The van der Waals surface area contributed by atoms with Crippen LogP contribution >= 0.6 is 0 Å². The van der Waals surface area contributed by atoms with Crippen molar-refractivity contribution in [3.8, 4) is 0 Å². The maximum absolute atomic E-state index is 11.8. The Morgan fingerprint density at radius 3 is 2.46 bits per heavy atom. The van der Waals surface area contributed by atoms with Crippen molar-refractivity contribution in [3.05, 3.63) is 54.0 Å². The zero-order valence-corrected chi connectivity index (χ0v) is 14.8. The van der Waals surface area contributed by atoms with Crippen molar-refractivity contribution in [1.82, 2.24) is 5.32 Å². The van der Waals surface area contributed by atoms with Crippen LogP contribution in [0.5, 0.6) is 0 Å². The third kappa shape index (κ3) is 6.08. The van der Waals surface area contributed by atoms with Gasteiger partial charge in [0.15, 0.2) is 12.4 Å². The fraction of sp³-hybridized carbons (Fsp3) is 0.316. The van der Waals surface area contributed by atoms with Crippen LogP contribution in [0, 0.1) is 0 Å². The number of carbonyl (C=O) groups is 3. The van der Waals surface area contributed by atoms with E-state index in [0.29, 0.717) is 11.6 Å². The maximum atomic E-state index is 11.8. The maximum Gasteiger partial charge on any atom is 0.308 e. The van der Waals surface area contributed by atoms with E-state index in [4.69, 9.17) is 9.15 Å². The number of furan rings is 1. The Bertz CT molecular complexity index is 736. The number of rotatable bonds is 8. The molecule has 0 spiro atoms. The number of hydrogen-bond donors (Lipinski definition) is 2. The van der Waals surface area contributed by atoms with Gasteiger partial charge < -0.3 is 19.8 Å². The summed E-state index contributed by atoms with van der Waals surface area (Å²) in [5.41, 5.74) is 1.81. The first-order chi connectivity index (χ1) is 12.5. The summed E-state index contributed by atoms with van der Waals surface area (Å²) < 4.78 is 9.81.